The zero-order valence-electron chi connectivity index (χ0n) is 11.4. The van der Waals surface area contributed by atoms with E-state index in [1.807, 2.05) is 12.1 Å². The van der Waals surface area contributed by atoms with Crippen LogP contribution in [-0.2, 0) is 0 Å². The van der Waals surface area contributed by atoms with E-state index in [9.17, 15) is 0 Å². The molecule has 0 saturated carbocycles. The summed E-state index contributed by atoms with van der Waals surface area (Å²) in [6.07, 6.45) is 6.55. The van der Waals surface area contributed by atoms with Gasteiger partial charge >= 0.3 is 0 Å². The van der Waals surface area contributed by atoms with Gasteiger partial charge in [-0.05, 0) is 73.5 Å². The quantitative estimate of drug-likeness (QED) is 0.728. The number of rotatable bonds is 4. The third kappa shape index (κ3) is 5.12. The molecule has 0 aromatic heterocycles. The summed E-state index contributed by atoms with van der Waals surface area (Å²) >= 11 is 8.32. The van der Waals surface area contributed by atoms with Crippen LogP contribution in [-0.4, -0.2) is 18.6 Å². The smallest absolute Gasteiger partial charge is 0.0478 e. The molecule has 1 aliphatic rings. The van der Waals surface area contributed by atoms with E-state index in [2.05, 4.69) is 46.2 Å². The Morgan fingerprint density at radius 2 is 2.26 bits per heavy atom. The van der Waals surface area contributed by atoms with Crippen LogP contribution in [0.3, 0.4) is 0 Å². The van der Waals surface area contributed by atoms with Crippen molar-refractivity contribution in [1.82, 2.24) is 5.32 Å². The SMILES string of the molecule is CC(CC1CCCCCN1)Nc1ccc(Cl)cc1I. The van der Waals surface area contributed by atoms with Gasteiger partial charge in [-0.3, -0.25) is 0 Å². The molecule has 2 N–H and O–H groups in total. The van der Waals surface area contributed by atoms with E-state index in [1.54, 1.807) is 0 Å². The Balaban J connectivity index is 1.87. The standard InChI is InChI=1S/C15H22ClIN2/c1-11(9-13-5-3-2-4-8-18-13)19-15-7-6-12(16)10-14(15)17/h6-7,10-11,13,18-19H,2-5,8-9H2,1H3. The van der Waals surface area contributed by atoms with E-state index in [1.165, 1.54) is 47.9 Å². The molecule has 2 nitrogen and oxygen atoms in total. The summed E-state index contributed by atoms with van der Waals surface area (Å²) in [5, 5.41) is 8.06. The lowest BCUT2D eigenvalue weighted by atomic mass is 10.0. The van der Waals surface area contributed by atoms with Crippen LogP contribution in [0, 0.1) is 3.57 Å². The number of benzene rings is 1. The van der Waals surface area contributed by atoms with Gasteiger partial charge < -0.3 is 10.6 Å². The first-order chi connectivity index (χ1) is 9.15. The molecule has 0 spiro atoms. The van der Waals surface area contributed by atoms with E-state index >= 15 is 0 Å². The molecule has 1 aromatic rings. The molecule has 1 heterocycles. The van der Waals surface area contributed by atoms with Crippen LogP contribution in [0.5, 0.6) is 0 Å². The second-order valence-corrected chi connectivity index (χ2v) is 7.00. The Morgan fingerprint density at radius 1 is 1.42 bits per heavy atom. The Bertz CT molecular complexity index is 403. The van der Waals surface area contributed by atoms with Gasteiger partial charge in [0, 0.05) is 26.4 Å². The van der Waals surface area contributed by atoms with Crippen molar-refractivity contribution < 1.29 is 0 Å². The molecule has 4 heteroatoms. The zero-order valence-corrected chi connectivity index (χ0v) is 14.3. The molecule has 0 radical (unpaired) electrons. The fraction of sp³-hybridized carbons (Fsp3) is 0.600. The van der Waals surface area contributed by atoms with Gasteiger partial charge in [-0.15, -0.1) is 0 Å². The van der Waals surface area contributed by atoms with Crippen LogP contribution in [0.25, 0.3) is 0 Å². The predicted molar refractivity (Wildman–Crippen MR) is 92.1 cm³/mol. The second-order valence-electron chi connectivity index (χ2n) is 5.41. The Labute approximate surface area is 134 Å². The van der Waals surface area contributed by atoms with Crippen molar-refractivity contribution in [1.29, 1.82) is 0 Å². The summed E-state index contributed by atoms with van der Waals surface area (Å²) in [7, 11) is 0. The highest BCUT2D eigenvalue weighted by Crippen LogP contribution is 2.24. The molecule has 2 atom stereocenters. The first-order valence-electron chi connectivity index (χ1n) is 7.10. The van der Waals surface area contributed by atoms with Gasteiger partial charge in [0.1, 0.15) is 0 Å². The maximum Gasteiger partial charge on any atom is 0.0478 e. The maximum absolute atomic E-state index is 5.98. The van der Waals surface area contributed by atoms with Gasteiger partial charge in [0.2, 0.25) is 0 Å². The van der Waals surface area contributed by atoms with Crippen molar-refractivity contribution >= 4 is 39.9 Å². The fourth-order valence-corrected chi connectivity index (χ4v) is 3.69. The van der Waals surface area contributed by atoms with E-state index in [4.69, 9.17) is 11.6 Å². The molecule has 0 amide bonds. The normalized spacial score (nSPS) is 21.7. The summed E-state index contributed by atoms with van der Waals surface area (Å²) in [5.74, 6) is 0. The van der Waals surface area contributed by atoms with Gasteiger partial charge in [-0.2, -0.15) is 0 Å². The van der Waals surface area contributed by atoms with Gasteiger partial charge in [0.05, 0.1) is 0 Å². The highest BCUT2D eigenvalue weighted by molar-refractivity contribution is 14.1. The molecule has 1 aliphatic heterocycles. The van der Waals surface area contributed by atoms with Crippen molar-refractivity contribution in [2.45, 2.75) is 51.1 Å². The average Bonchev–Trinajstić information content (AvgIpc) is 2.61. The molecule has 106 valence electrons. The molecular weight excluding hydrogens is 371 g/mol. The first kappa shape index (κ1) is 15.4. The van der Waals surface area contributed by atoms with E-state index in [-0.39, 0.29) is 0 Å². The van der Waals surface area contributed by atoms with Crippen molar-refractivity contribution in [2.24, 2.45) is 0 Å². The van der Waals surface area contributed by atoms with Crippen LogP contribution in [0.4, 0.5) is 5.69 Å². The number of halogens is 2. The third-order valence-electron chi connectivity index (χ3n) is 3.63. The van der Waals surface area contributed by atoms with Crippen molar-refractivity contribution in [3.63, 3.8) is 0 Å². The molecule has 1 aromatic carbocycles. The topological polar surface area (TPSA) is 24.1 Å². The van der Waals surface area contributed by atoms with Crippen molar-refractivity contribution in [3.8, 4) is 0 Å². The molecule has 0 aliphatic carbocycles. The van der Waals surface area contributed by atoms with Crippen LogP contribution < -0.4 is 10.6 Å². The molecular formula is C15H22ClIN2. The van der Waals surface area contributed by atoms with Crippen LogP contribution in [0.2, 0.25) is 5.02 Å². The maximum atomic E-state index is 5.98. The summed E-state index contributed by atoms with van der Waals surface area (Å²) in [6.45, 7) is 3.44. The molecule has 0 bridgehead atoms. The minimum absolute atomic E-state index is 0.477. The fourth-order valence-electron chi connectivity index (χ4n) is 2.66. The second kappa shape index (κ2) is 7.70. The molecule has 1 fully saturated rings. The Kier molecular flexibility index (Phi) is 6.23. The molecule has 2 unspecified atom stereocenters. The van der Waals surface area contributed by atoms with Gasteiger partial charge in [0.15, 0.2) is 0 Å². The summed E-state index contributed by atoms with van der Waals surface area (Å²) in [4.78, 5) is 0. The lowest BCUT2D eigenvalue weighted by molar-refractivity contribution is 0.456. The summed E-state index contributed by atoms with van der Waals surface area (Å²) in [6, 6.07) is 7.16. The molecule has 19 heavy (non-hydrogen) atoms. The number of hydrogen-bond donors (Lipinski definition) is 2. The summed E-state index contributed by atoms with van der Waals surface area (Å²) < 4.78 is 1.19. The molecule has 2 rings (SSSR count). The minimum atomic E-state index is 0.477. The van der Waals surface area contributed by atoms with Gasteiger partial charge in [-0.1, -0.05) is 24.4 Å². The Hall–Kier alpha value is -0.000000000000000111. The lowest BCUT2D eigenvalue weighted by Gasteiger charge is -2.22. The Morgan fingerprint density at radius 3 is 3.05 bits per heavy atom. The van der Waals surface area contributed by atoms with Crippen LogP contribution >= 0.6 is 34.2 Å². The van der Waals surface area contributed by atoms with Crippen molar-refractivity contribution in [3.05, 3.63) is 26.8 Å². The number of anilines is 1. The van der Waals surface area contributed by atoms with Crippen LogP contribution in [0.15, 0.2) is 18.2 Å². The van der Waals surface area contributed by atoms with E-state index in [0.29, 0.717) is 12.1 Å². The minimum Gasteiger partial charge on any atom is -0.382 e. The van der Waals surface area contributed by atoms with Gasteiger partial charge in [-0.25, -0.2) is 0 Å². The van der Waals surface area contributed by atoms with Crippen LogP contribution in [0.1, 0.15) is 39.0 Å². The largest absolute Gasteiger partial charge is 0.382 e. The highest BCUT2D eigenvalue weighted by atomic mass is 127. The number of nitrogens with one attached hydrogen (secondary N) is 2. The number of hydrogen-bond acceptors (Lipinski definition) is 2. The average molecular weight is 393 g/mol. The monoisotopic (exact) mass is 392 g/mol. The predicted octanol–water partition coefficient (Wildman–Crippen LogP) is 4.67. The molecule has 1 saturated heterocycles. The van der Waals surface area contributed by atoms with Crippen molar-refractivity contribution in [2.75, 3.05) is 11.9 Å². The first-order valence-corrected chi connectivity index (χ1v) is 8.56. The van der Waals surface area contributed by atoms with E-state index < -0.39 is 0 Å². The lowest BCUT2D eigenvalue weighted by Crippen LogP contribution is -2.33. The highest BCUT2D eigenvalue weighted by Gasteiger charge is 2.15. The van der Waals surface area contributed by atoms with Gasteiger partial charge in [0.25, 0.3) is 0 Å². The third-order valence-corrected chi connectivity index (χ3v) is 4.76. The van der Waals surface area contributed by atoms with E-state index in [0.717, 1.165) is 5.02 Å². The zero-order chi connectivity index (χ0) is 13.7. The summed E-state index contributed by atoms with van der Waals surface area (Å²) in [5.41, 5.74) is 1.19.